The first-order valence-electron chi connectivity index (χ1n) is 5.98. The van der Waals surface area contributed by atoms with Crippen molar-refractivity contribution in [3.05, 3.63) is 40.2 Å². The average molecular weight is 246 g/mol. The van der Waals surface area contributed by atoms with Crippen molar-refractivity contribution in [1.82, 2.24) is 4.98 Å². The smallest absolute Gasteiger partial charge is 0.0950 e. The highest BCUT2D eigenvalue weighted by atomic mass is 32.1. The van der Waals surface area contributed by atoms with Crippen molar-refractivity contribution >= 4 is 11.3 Å². The molecule has 0 aliphatic rings. The summed E-state index contributed by atoms with van der Waals surface area (Å²) in [7, 11) is 0. The molecule has 0 amide bonds. The first-order valence-corrected chi connectivity index (χ1v) is 6.79. The van der Waals surface area contributed by atoms with Crippen LogP contribution in [0.2, 0.25) is 0 Å². The Kier molecular flexibility index (Phi) is 3.92. The van der Waals surface area contributed by atoms with E-state index in [0.717, 1.165) is 23.5 Å². The van der Waals surface area contributed by atoms with E-state index in [1.54, 1.807) is 11.3 Å². The molecule has 0 radical (unpaired) electrons. The summed E-state index contributed by atoms with van der Waals surface area (Å²) in [5, 5.41) is 1.15. The second-order valence-electron chi connectivity index (χ2n) is 4.25. The molecular weight excluding hydrogens is 228 g/mol. The van der Waals surface area contributed by atoms with Crippen LogP contribution in [-0.2, 0) is 6.42 Å². The maximum absolute atomic E-state index is 5.97. The van der Waals surface area contributed by atoms with E-state index in [1.165, 1.54) is 10.4 Å². The van der Waals surface area contributed by atoms with Gasteiger partial charge in [-0.3, -0.25) is 0 Å². The van der Waals surface area contributed by atoms with Gasteiger partial charge < -0.3 is 5.73 Å². The molecule has 0 bridgehead atoms. The molecule has 0 saturated carbocycles. The van der Waals surface area contributed by atoms with Crippen LogP contribution < -0.4 is 5.73 Å². The van der Waals surface area contributed by atoms with Crippen molar-refractivity contribution < 1.29 is 0 Å². The minimum atomic E-state index is 0.226. The van der Waals surface area contributed by atoms with E-state index in [4.69, 9.17) is 10.7 Å². The van der Waals surface area contributed by atoms with Crippen molar-refractivity contribution in [2.45, 2.75) is 32.7 Å². The van der Waals surface area contributed by atoms with Gasteiger partial charge >= 0.3 is 0 Å². The van der Waals surface area contributed by atoms with Gasteiger partial charge in [-0.2, -0.15) is 0 Å². The van der Waals surface area contributed by atoms with E-state index in [-0.39, 0.29) is 6.04 Å². The topological polar surface area (TPSA) is 38.9 Å². The lowest BCUT2D eigenvalue weighted by atomic mass is 10.1. The van der Waals surface area contributed by atoms with Crippen molar-refractivity contribution in [3.8, 4) is 11.3 Å². The molecule has 3 heteroatoms. The van der Waals surface area contributed by atoms with E-state index >= 15 is 0 Å². The molecule has 2 aromatic rings. The van der Waals surface area contributed by atoms with Gasteiger partial charge in [-0.15, -0.1) is 11.3 Å². The molecule has 0 spiro atoms. The Bertz CT molecular complexity index is 476. The van der Waals surface area contributed by atoms with E-state index < -0.39 is 0 Å². The minimum absolute atomic E-state index is 0.226. The third-order valence-corrected chi connectivity index (χ3v) is 3.84. The van der Waals surface area contributed by atoms with Gasteiger partial charge in [0.2, 0.25) is 0 Å². The number of thiazole rings is 1. The van der Waals surface area contributed by atoms with Crippen LogP contribution >= 0.6 is 11.3 Å². The number of aryl methyl sites for hydroxylation is 1. The van der Waals surface area contributed by atoms with Gasteiger partial charge in [0.25, 0.3) is 0 Å². The lowest BCUT2D eigenvalue weighted by Gasteiger charge is -2.04. The Morgan fingerprint density at radius 3 is 2.65 bits per heavy atom. The van der Waals surface area contributed by atoms with E-state index in [2.05, 4.69) is 26.0 Å². The zero-order valence-corrected chi connectivity index (χ0v) is 11.1. The monoisotopic (exact) mass is 246 g/mol. The maximum Gasteiger partial charge on any atom is 0.0950 e. The molecule has 0 aliphatic carbocycles. The number of hydrogen-bond donors (Lipinski definition) is 1. The molecular formula is C14H18N2S. The number of benzene rings is 1. The van der Waals surface area contributed by atoms with Crippen molar-refractivity contribution in [3.63, 3.8) is 0 Å². The summed E-state index contributed by atoms with van der Waals surface area (Å²) in [6.45, 7) is 4.24. The largest absolute Gasteiger partial charge is 0.327 e. The Labute approximate surface area is 107 Å². The second-order valence-corrected chi connectivity index (χ2v) is 5.54. The lowest BCUT2D eigenvalue weighted by molar-refractivity contribution is 0.644. The molecule has 17 heavy (non-hydrogen) atoms. The van der Waals surface area contributed by atoms with Crippen molar-refractivity contribution in [2.24, 2.45) is 5.73 Å². The first-order chi connectivity index (χ1) is 8.20. The molecule has 1 aromatic carbocycles. The lowest BCUT2D eigenvalue weighted by Crippen LogP contribution is -2.21. The normalized spacial score (nSPS) is 12.6. The van der Waals surface area contributed by atoms with Crippen LogP contribution in [0.3, 0.4) is 0 Å². The Hall–Kier alpha value is -1.19. The molecule has 2 rings (SSSR count). The zero-order chi connectivity index (χ0) is 12.3. The van der Waals surface area contributed by atoms with E-state index in [9.17, 15) is 0 Å². The highest BCUT2D eigenvalue weighted by Gasteiger charge is 2.11. The molecule has 1 heterocycles. The van der Waals surface area contributed by atoms with Crippen molar-refractivity contribution in [2.75, 3.05) is 0 Å². The Morgan fingerprint density at radius 1 is 1.29 bits per heavy atom. The van der Waals surface area contributed by atoms with Gasteiger partial charge in [-0.25, -0.2) is 4.98 Å². The third kappa shape index (κ3) is 2.93. The van der Waals surface area contributed by atoms with Crippen LogP contribution in [0.15, 0.2) is 30.3 Å². The molecule has 90 valence electrons. The molecule has 0 aliphatic heterocycles. The summed E-state index contributed by atoms with van der Waals surface area (Å²) >= 11 is 1.76. The minimum Gasteiger partial charge on any atom is -0.327 e. The fraction of sp³-hybridized carbons (Fsp3) is 0.357. The quantitative estimate of drug-likeness (QED) is 0.898. The van der Waals surface area contributed by atoms with Crippen LogP contribution in [0.5, 0.6) is 0 Å². The second kappa shape index (κ2) is 5.43. The van der Waals surface area contributed by atoms with Gasteiger partial charge in [0.15, 0.2) is 0 Å². The van der Waals surface area contributed by atoms with Crippen molar-refractivity contribution in [1.29, 1.82) is 0 Å². The fourth-order valence-electron chi connectivity index (χ4n) is 1.77. The van der Waals surface area contributed by atoms with E-state index in [1.807, 2.05) is 18.2 Å². The molecule has 1 aromatic heterocycles. The number of nitrogens with zero attached hydrogens (tertiary/aromatic N) is 1. The Morgan fingerprint density at radius 2 is 2.00 bits per heavy atom. The molecule has 0 fully saturated rings. The maximum atomic E-state index is 5.97. The molecule has 2 nitrogen and oxygen atoms in total. The molecule has 2 N–H and O–H groups in total. The zero-order valence-electron chi connectivity index (χ0n) is 10.3. The summed E-state index contributed by atoms with van der Waals surface area (Å²) in [5.41, 5.74) is 8.27. The molecule has 1 unspecified atom stereocenters. The van der Waals surface area contributed by atoms with Gasteiger partial charge in [0.1, 0.15) is 0 Å². The number of nitrogens with two attached hydrogens (primary N) is 1. The van der Waals surface area contributed by atoms with Gasteiger partial charge in [0, 0.05) is 22.9 Å². The SMILES string of the molecule is CCC(N)Cc1nc(-c2ccccc2)c(C)s1. The summed E-state index contributed by atoms with van der Waals surface area (Å²) in [6.07, 6.45) is 1.88. The predicted octanol–water partition coefficient (Wildman–Crippen LogP) is 3.40. The number of hydrogen-bond acceptors (Lipinski definition) is 3. The Balaban J connectivity index is 2.25. The predicted molar refractivity (Wildman–Crippen MR) is 74.3 cm³/mol. The van der Waals surface area contributed by atoms with Gasteiger partial charge in [-0.05, 0) is 13.3 Å². The summed E-state index contributed by atoms with van der Waals surface area (Å²) in [4.78, 5) is 5.98. The average Bonchev–Trinajstić information content (AvgIpc) is 2.71. The summed E-state index contributed by atoms with van der Waals surface area (Å²) in [6, 6.07) is 10.6. The number of aromatic nitrogens is 1. The molecule has 0 saturated heterocycles. The van der Waals surface area contributed by atoms with Crippen LogP contribution in [0.1, 0.15) is 23.2 Å². The number of rotatable bonds is 4. The van der Waals surface area contributed by atoms with Crippen LogP contribution in [0, 0.1) is 6.92 Å². The van der Waals surface area contributed by atoms with Gasteiger partial charge in [-0.1, -0.05) is 37.3 Å². The van der Waals surface area contributed by atoms with Gasteiger partial charge in [0.05, 0.1) is 10.7 Å². The van der Waals surface area contributed by atoms with E-state index in [0.29, 0.717) is 0 Å². The van der Waals surface area contributed by atoms with Crippen LogP contribution in [-0.4, -0.2) is 11.0 Å². The third-order valence-electron chi connectivity index (χ3n) is 2.85. The standard InChI is InChI=1S/C14H18N2S/c1-3-12(15)9-13-16-14(10(2)17-13)11-7-5-4-6-8-11/h4-8,12H,3,9,15H2,1-2H3. The molecule has 1 atom stereocenters. The highest BCUT2D eigenvalue weighted by molar-refractivity contribution is 7.12. The highest BCUT2D eigenvalue weighted by Crippen LogP contribution is 2.27. The summed E-state index contributed by atoms with van der Waals surface area (Å²) < 4.78 is 0. The first kappa shape index (κ1) is 12.3. The van der Waals surface area contributed by atoms with Crippen LogP contribution in [0.4, 0.5) is 0 Å². The summed E-state index contributed by atoms with van der Waals surface area (Å²) in [5.74, 6) is 0. The van der Waals surface area contributed by atoms with Crippen LogP contribution in [0.25, 0.3) is 11.3 Å². The fourth-order valence-corrected chi connectivity index (χ4v) is 2.82.